The highest BCUT2D eigenvalue weighted by Crippen LogP contribution is 2.29. The Hall–Kier alpha value is -3.28. The molecule has 2 aromatic carbocycles. The summed E-state index contributed by atoms with van der Waals surface area (Å²) in [6.07, 6.45) is 4.75. The molecule has 0 aliphatic heterocycles. The lowest BCUT2D eigenvalue weighted by Crippen LogP contribution is -2.34. The Balaban J connectivity index is 1.65. The van der Waals surface area contributed by atoms with Crippen LogP contribution in [0.1, 0.15) is 37.0 Å². The van der Waals surface area contributed by atoms with Gasteiger partial charge in [-0.3, -0.25) is 4.79 Å². The fraction of sp³-hybridized carbons (Fsp3) is 0.304. The van der Waals surface area contributed by atoms with Crippen LogP contribution in [0.4, 0.5) is 0 Å². The minimum Gasteiger partial charge on any atom is -0.493 e. The molecule has 0 bridgehead atoms. The zero-order valence-electron chi connectivity index (χ0n) is 16.6. The summed E-state index contributed by atoms with van der Waals surface area (Å²) in [6.45, 7) is 1.59. The van der Waals surface area contributed by atoms with Crippen molar-refractivity contribution >= 4 is 18.0 Å². The fourth-order valence-corrected chi connectivity index (χ4v) is 2.81. The maximum absolute atomic E-state index is 12.5. The molecule has 0 spiro atoms. The predicted molar refractivity (Wildman–Crippen MR) is 110 cm³/mol. The molecule has 0 radical (unpaired) electrons. The van der Waals surface area contributed by atoms with Crippen molar-refractivity contribution in [2.45, 2.75) is 31.9 Å². The van der Waals surface area contributed by atoms with E-state index in [1.807, 2.05) is 37.3 Å². The Labute approximate surface area is 170 Å². The zero-order chi connectivity index (χ0) is 20.6. The minimum atomic E-state index is -1.01. The van der Waals surface area contributed by atoms with Gasteiger partial charge in [0.05, 0.1) is 7.11 Å². The standard InChI is InChI=1S/C23H25NO5/c1-3-7-16-10-13-19(20(14-16)27-2)28-15-21(25)29-22(17-8-5-4-6-9-17)23(26)24-18-11-12-18/h3-10,13-14,18,22H,11-12,15H2,1-2H3,(H,24,26)/b7-3+/t22-/m0/s1. The van der Waals surface area contributed by atoms with Crippen LogP contribution in [0.3, 0.4) is 0 Å². The van der Waals surface area contributed by atoms with Crippen molar-refractivity contribution < 1.29 is 23.8 Å². The van der Waals surface area contributed by atoms with Gasteiger partial charge in [0.2, 0.25) is 6.10 Å². The van der Waals surface area contributed by atoms with Gasteiger partial charge in [0.15, 0.2) is 18.1 Å². The van der Waals surface area contributed by atoms with Crippen LogP contribution in [0.15, 0.2) is 54.6 Å². The van der Waals surface area contributed by atoms with E-state index >= 15 is 0 Å². The second kappa shape index (κ2) is 9.78. The molecule has 1 atom stereocenters. The SMILES string of the molecule is C/C=C/c1ccc(OCC(=O)O[C@H](C(=O)NC2CC2)c2ccccc2)c(OC)c1. The molecule has 0 heterocycles. The number of nitrogens with one attached hydrogen (secondary N) is 1. The van der Waals surface area contributed by atoms with Crippen molar-refractivity contribution in [2.24, 2.45) is 0 Å². The molecule has 1 fully saturated rings. The highest BCUT2D eigenvalue weighted by Gasteiger charge is 2.30. The van der Waals surface area contributed by atoms with Gasteiger partial charge in [0.1, 0.15) is 0 Å². The molecule has 1 amide bonds. The third-order valence-corrected chi connectivity index (χ3v) is 4.41. The first kappa shape index (κ1) is 20.5. The van der Waals surface area contributed by atoms with Crippen LogP contribution in [0, 0.1) is 0 Å². The number of esters is 1. The van der Waals surface area contributed by atoms with E-state index in [4.69, 9.17) is 14.2 Å². The molecule has 1 aliphatic rings. The lowest BCUT2D eigenvalue weighted by Gasteiger charge is -2.18. The van der Waals surface area contributed by atoms with E-state index in [0.29, 0.717) is 17.1 Å². The van der Waals surface area contributed by atoms with E-state index in [2.05, 4.69) is 5.32 Å². The zero-order valence-corrected chi connectivity index (χ0v) is 16.6. The molecule has 1 N–H and O–H groups in total. The lowest BCUT2D eigenvalue weighted by molar-refractivity contribution is -0.158. The number of allylic oxidation sites excluding steroid dienone is 1. The maximum atomic E-state index is 12.5. The molecule has 0 aromatic heterocycles. The van der Waals surface area contributed by atoms with Crippen LogP contribution in [-0.2, 0) is 14.3 Å². The summed E-state index contributed by atoms with van der Waals surface area (Å²) < 4.78 is 16.4. The molecular weight excluding hydrogens is 370 g/mol. The Morgan fingerprint density at radius 2 is 1.90 bits per heavy atom. The summed E-state index contributed by atoms with van der Waals surface area (Å²) in [5, 5.41) is 2.88. The van der Waals surface area contributed by atoms with E-state index in [9.17, 15) is 9.59 Å². The van der Waals surface area contributed by atoms with Crippen LogP contribution in [0.2, 0.25) is 0 Å². The largest absolute Gasteiger partial charge is 0.493 e. The maximum Gasteiger partial charge on any atom is 0.345 e. The van der Waals surface area contributed by atoms with E-state index in [-0.39, 0.29) is 18.6 Å². The van der Waals surface area contributed by atoms with Crippen molar-refractivity contribution in [2.75, 3.05) is 13.7 Å². The smallest absolute Gasteiger partial charge is 0.345 e. The van der Waals surface area contributed by atoms with Gasteiger partial charge in [-0.15, -0.1) is 0 Å². The number of hydrogen-bond donors (Lipinski definition) is 1. The van der Waals surface area contributed by atoms with Crippen LogP contribution in [-0.4, -0.2) is 31.6 Å². The van der Waals surface area contributed by atoms with E-state index in [1.54, 1.807) is 30.3 Å². The number of benzene rings is 2. The number of carbonyl (C=O) groups is 2. The average Bonchev–Trinajstić information content (AvgIpc) is 3.55. The summed E-state index contributed by atoms with van der Waals surface area (Å²) >= 11 is 0. The molecule has 152 valence electrons. The van der Waals surface area contributed by atoms with Gasteiger partial charge in [-0.25, -0.2) is 4.79 Å². The Morgan fingerprint density at radius 1 is 1.14 bits per heavy atom. The van der Waals surface area contributed by atoms with E-state index in [1.165, 1.54) is 7.11 Å². The molecular formula is C23H25NO5. The van der Waals surface area contributed by atoms with E-state index in [0.717, 1.165) is 18.4 Å². The van der Waals surface area contributed by atoms with E-state index < -0.39 is 12.1 Å². The van der Waals surface area contributed by atoms with Crippen molar-refractivity contribution in [1.82, 2.24) is 5.32 Å². The second-order valence-corrected chi connectivity index (χ2v) is 6.76. The van der Waals surface area contributed by atoms with Gasteiger partial charge < -0.3 is 19.5 Å². The minimum absolute atomic E-state index is 0.170. The quantitative estimate of drug-likeness (QED) is 0.656. The summed E-state index contributed by atoms with van der Waals surface area (Å²) in [5.74, 6) is -0.0133. The predicted octanol–water partition coefficient (Wildman–Crippen LogP) is 3.67. The summed E-state index contributed by atoms with van der Waals surface area (Å²) in [6, 6.07) is 14.5. The first-order valence-electron chi connectivity index (χ1n) is 9.59. The molecule has 2 aromatic rings. The molecule has 3 rings (SSSR count). The Bertz CT molecular complexity index is 874. The second-order valence-electron chi connectivity index (χ2n) is 6.76. The third-order valence-electron chi connectivity index (χ3n) is 4.41. The Kier molecular flexibility index (Phi) is 6.89. The molecule has 6 heteroatoms. The summed E-state index contributed by atoms with van der Waals surface area (Å²) in [5.41, 5.74) is 1.58. The van der Waals surface area contributed by atoms with Crippen LogP contribution in [0.25, 0.3) is 6.08 Å². The van der Waals surface area contributed by atoms with Gasteiger partial charge in [-0.1, -0.05) is 48.6 Å². The van der Waals surface area contributed by atoms with Gasteiger partial charge >= 0.3 is 5.97 Å². The monoisotopic (exact) mass is 395 g/mol. The van der Waals surface area contributed by atoms with Crippen LogP contribution < -0.4 is 14.8 Å². The first-order valence-corrected chi connectivity index (χ1v) is 9.59. The highest BCUT2D eigenvalue weighted by atomic mass is 16.6. The van der Waals surface area contributed by atoms with Crippen molar-refractivity contribution in [1.29, 1.82) is 0 Å². The number of hydrogen-bond acceptors (Lipinski definition) is 5. The summed E-state index contributed by atoms with van der Waals surface area (Å²) in [4.78, 5) is 24.9. The summed E-state index contributed by atoms with van der Waals surface area (Å²) in [7, 11) is 1.54. The van der Waals surface area contributed by atoms with Crippen molar-refractivity contribution in [3.8, 4) is 11.5 Å². The number of carbonyl (C=O) groups excluding carboxylic acids is 2. The van der Waals surface area contributed by atoms with Crippen LogP contribution in [0.5, 0.6) is 11.5 Å². The lowest BCUT2D eigenvalue weighted by atomic mass is 10.1. The highest BCUT2D eigenvalue weighted by molar-refractivity contribution is 5.85. The molecule has 0 unspecified atom stereocenters. The number of methoxy groups -OCH3 is 1. The van der Waals surface area contributed by atoms with Crippen molar-refractivity contribution in [3.05, 3.63) is 65.7 Å². The van der Waals surface area contributed by atoms with Gasteiger partial charge in [0, 0.05) is 11.6 Å². The molecule has 6 nitrogen and oxygen atoms in total. The molecule has 1 aliphatic carbocycles. The average molecular weight is 395 g/mol. The van der Waals surface area contributed by atoms with Crippen molar-refractivity contribution in [3.63, 3.8) is 0 Å². The fourth-order valence-electron chi connectivity index (χ4n) is 2.81. The normalized spacial score (nSPS) is 14.3. The molecule has 0 saturated heterocycles. The number of amides is 1. The van der Waals surface area contributed by atoms with Gasteiger partial charge in [-0.05, 0) is 37.5 Å². The van der Waals surface area contributed by atoms with Gasteiger partial charge in [-0.2, -0.15) is 0 Å². The first-order chi connectivity index (χ1) is 14.1. The Morgan fingerprint density at radius 3 is 2.55 bits per heavy atom. The van der Waals surface area contributed by atoms with Gasteiger partial charge in [0.25, 0.3) is 5.91 Å². The third kappa shape index (κ3) is 5.85. The molecule has 1 saturated carbocycles. The van der Waals surface area contributed by atoms with Crippen LogP contribution >= 0.6 is 0 Å². The number of ether oxygens (including phenoxy) is 3. The molecule has 29 heavy (non-hydrogen) atoms. The number of rotatable bonds is 9. The topological polar surface area (TPSA) is 73.9 Å².